The summed E-state index contributed by atoms with van der Waals surface area (Å²) in [5.74, 6) is 0.851. The fourth-order valence-corrected chi connectivity index (χ4v) is 3.15. The van der Waals surface area contributed by atoms with Crippen molar-refractivity contribution in [2.75, 3.05) is 11.9 Å². The van der Waals surface area contributed by atoms with Crippen molar-refractivity contribution in [1.29, 1.82) is 0 Å². The van der Waals surface area contributed by atoms with Crippen molar-refractivity contribution < 1.29 is 0 Å². The van der Waals surface area contributed by atoms with Gasteiger partial charge in [0.25, 0.3) is 0 Å². The number of aromatic nitrogens is 2. The van der Waals surface area contributed by atoms with Crippen molar-refractivity contribution >= 4 is 44.2 Å². The monoisotopic (exact) mass is 343 g/mol. The van der Waals surface area contributed by atoms with E-state index in [1.807, 2.05) is 0 Å². The van der Waals surface area contributed by atoms with Gasteiger partial charge in [-0.05, 0) is 30.7 Å². The van der Waals surface area contributed by atoms with E-state index in [1.165, 1.54) is 16.4 Å². The molecule has 0 radical (unpaired) electrons. The first-order chi connectivity index (χ1) is 8.79. The molecule has 0 aliphatic carbocycles. The zero-order valence-corrected chi connectivity index (χ0v) is 13.2. The van der Waals surface area contributed by atoms with E-state index in [0.717, 1.165) is 33.9 Å². The van der Waals surface area contributed by atoms with Crippen LogP contribution in [0.2, 0.25) is 0 Å². The van der Waals surface area contributed by atoms with Gasteiger partial charge in [0.05, 0.1) is 0 Å². The number of nitrogens with one attached hydrogen (secondary N) is 1. The quantitative estimate of drug-likeness (QED) is 0.788. The zero-order valence-electron chi connectivity index (χ0n) is 10.0. The lowest BCUT2D eigenvalue weighted by atomic mass is 10.4. The Morgan fingerprint density at radius 1 is 1.33 bits per heavy atom. The van der Waals surface area contributed by atoms with Gasteiger partial charge < -0.3 is 5.32 Å². The molecule has 0 fully saturated rings. The molecular weight excluding hydrogens is 330 g/mol. The molecule has 6 heteroatoms. The predicted octanol–water partition coefficient (Wildman–Crippen LogP) is 4.41. The molecule has 0 saturated heterocycles. The van der Waals surface area contributed by atoms with Crippen LogP contribution in [0.1, 0.15) is 19.0 Å². The summed E-state index contributed by atoms with van der Waals surface area (Å²) in [7, 11) is 0. The van der Waals surface area contributed by atoms with E-state index in [1.54, 1.807) is 11.8 Å². The average molecular weight is 344 g/mol. The van der Waals surface area contributed by atoms with E-state index in [9.17, 15) is 0 Å². The van der Waals surface area contributed by atoms with E-state index < -0.39 is 0 Å². The molecule has 1 aromatic carbocycles. The van der Waals surface area contributed by atoms with E-state index in [2.05, 4.69) is 62.0 Å². The van der Waals surface area contributed by atoms with Crippen molar-refractivity contribution in [3.8, 4) is 0 Å². The Hall–Kier alpha value is -0.590. The van der Waals surface area contributed by atoms with Crippen LogP contribution in [0, 0.1) is 0 Å². The summed E-state index contributed by atoms with van der Waals surface area (Å²) >= 11 is 6.65. The summed E-state index contributed by atoms with van der Waals surface area (Å²) in [4.78, 5) is 1.24. The molecule has 0 aliphatic rings. The van der Waals surface area contributed by atoms with Crippen LogP contribution in [0.15, 0.2) is 33.6 Å². The fourth-order valence-electron chi connectivity index (χ4n) is 1.36. The topological polar surface area (TPSA) is 37.8 Å². The first-order valence-electron chi connectivity index (χ1n) is 5.73. The second-order valence-electron chi connectivity index (χ2n) is 3.72. The van der Waals surface area contributed by atoms with Crippen molar-refractivity contribution in [1.82, 2.24) is 9.59 Å². The number of thioether (sulfide) groups is 1. The van der Waals surface area contributed by atoms with Crippen molar-refractivity contribution in [2.24, 2.45) is 0 Å². The first-order valence-corrected chi connectivity index (χ1v) is 8.28. The van der Waals surface area contributed by atoms with Crippen LogP contribution in [-0.4, -0.2) is 16.1 Å². The lowest BCUT2D eigenvalue weighted by Crippen LogP contribution is -2.00. The van der Waals surface area contributed by atoms with Crippen LogP contribution in [0.5, 0.6) is 0 Å². The average Bonchev–Trinajstić information content (AvgIpc) is 2.83. The Bertz CT molecular complexity index is 484. The summed E-state index contributed by atoms with van der Waals surface area (Å²) in [6.45, 7) is 3.12. The molecule has 2 aromatic rings. The van der Waals surface area contributed by atoms with Gasteiger partial charge in [-0.1, -0.05) is 27.3 Å². The highest BCUT2D eigenvalue weighted by atomic mass is 79.9. The third-order valence-corrected chi connectivity index (χ3v) is 4.56. The van der Waals surface area contributed by atoms with E-state index in [0.29, 0.717) is 0 Å². The molecule has 1 heterocycles. The normalized spacial score (nSPS) is 10.6. The third kappa shape index (κ3) is 3.96. The highest BCUT2D eigenvalue weighted by molar-refractivity contribution is 9.10. The van der Waals surface area contributed by atoms with Crippen LogP contribution < -0.4 is 5.32 Å². The lowest BCUT2D eigenvalue weighted by molar-refractivity contribution is 0.976. The second kappa shape index (κ2) is 7.11. The van der Waals surface area contributed by atoms with Gasteiger partial charge in [-0.25, -0.2) is 0 Å². The predicted molar refractivity (Wildman–Crippen MR) is 82.4 cm³/mol. The van der Waals surface area contributed by atoms with Gasteiger partial charge in [-0.15, -0.1) is 16.9 Å². The van der Waals surface area contributed by atoms with Gasteiger partial charge in [0, 0.05) is 33.2 Å². The molecule has 96 valence electrons. The molecule has 0 amide bonds. The summed E-state index contributed by atoms with van der Waals surface area (Å²) in [6, 6.07) is 8.32. The Kier molecular flexibility index (Phi) is 5.46. The number of anilines is 1. The molecule has 1 aromatic heterocycles. The minimum atomic E-state index is 0.851. The third-order valence-electron chi connectivity index (χ3n) is 2.28. The molecule has 0 unspecified atom stereocenters. The van der Waals surface area contributed by atoms with E-state index >= 15 is 0 Å². The zero-order chi connectivity index (χ0) is 12.8. The van der Waals surface area contributed by atoms with Crippen LogP contribution in [-0.2, 0) is 5.75 Å². The van der Waals surface area contributed by atoms with Gasteiger partial charge in [0.15, 0.2) is 0 Å². The van der Waals surface area contributed by atoms with Crippen molar-refractivity contribution in [2.45, 2.75) is 24.0 Å². The number of hydrogen-bond acceptors (Lipinski definition) is 5. The van der Waals surface area contributed by atoms with Gasteiger partial charge in [-0.2, -0.15) is 0 Å². The number of halogens is 1. The molecule has 3 nitrogen and oxygen atoms in total. The summed E-state index contributed by atoms with van der Waals surface area (Å²) < 4.78 is 5.11. The van der Waals surface area contributed by atoms with E-state index in [-0.39, 0.29) is 0 Å². The first kappa shape index (κ1) is 13.8. The maximum Gasteiger partial charge on any atom is 0.134 e. The molecule has 1 N–H and O–H groups in total. The summed E-state index contributed by atoms with van der Waals surface area (Å²) in [5, 5.41) is 8.64. The smallest absolute Gasteiger partial charge is 0.134 e. The van der Waals surface area contributed by atoms with Gasteiger partial charge in [0.2, 0.25) is 0 Å². The summed E-state index contributed by atoms with van der Waals surface area (Å²) in [6.07, 6.45) is 1.11. The molecule has 18 heavy (non-hydrogen) atoms. The van der Waals surface area contributed by atoms with Crippen molar-refractivity contribution in [3.05, 3.63) is 34.4 Å². The largest absolute Gasteiger partial charge is 0.374 e. The number of nitrogens with zero attached hydrogens (tertiary/aromatic N) is 2. The van der Waals surface area contributed by atoms with Gasteiger partial charge in [0.1, 0.15) is 10.7 Å². The molecule has 0 bridgehead atoms. The van der Waals surface area contributed by atoms with E-state index in [4.69, 9.17) is 0 Å². The van der Waals surface area contributed by atoms with Crippen LogP contribution in [0.3, 0.4) is 0 Å². The van der Waals surface area contributed by atoms with Crippen LogP contribution in [0.4, 0.5) is 5.00 Å². The molecule has 0 atom stereocenters. The Labute approximate surface area is 124 Å². The number of rotatable bonds is 6. The lowest BCUT2D eigenvalue weighted by Gasteiger charge is -2.03. The molecular formula is C12H14BrN3S2. The standard InChI is InChI=1S/C12H14BrN3S2/c1-2-7-14-12-11(15-16-18-12)8-17-10-5-3-9(13)4-6-10/h3-6,14H,2,7-8H2,1H3. The minimum Gasteiger partial charge on any atom is -0.374 e. The minimum absolute atomic E-state index is 0.851. The molecule has 0 spiro atoms. The highest BCUT2D eigenvalue weighted by Gasteiger charge is 2.07. The van der Waals surface area contributed by atoms with Gasteiger partial charge in [-0.3, -0.25) is 0 Å². The molecule has 2 rings (SSSR count). The maximum atomic E-state index is 4.18. The fraction of sp³-hybridized carbons (Fsp3) is 0.333. The van der Waals surface area contributed by atoms with Crippen LogP contribution in [0.25, 0.3) is 0 Å². The Morgan fingerprint density at radius 3 is 2.83 bits per heavy atom. The number of benzene rings is 1. The molecule has 0 aliphatic heterocycles. The van der Waals surface area contributed by atoms with Gasteiger partial charge >= 0.3 is 0 Å². The maximum absolute atomic E-state index is 4.18. The van der Waals surface area contributed by atoms with Crippen LogP contribution >= 0.6 is 39.2 Å². The SMILES string of the molecule is CCCNc1snnc1CSc1ccc(Br)cc1. The number of hydrogen-bond donors (Lipinski definition) is 1. The molecule has 0 saturated carbocycles. The Morgan fingerprint density at radius 2 is 2.11 bits per heavy atom. The van der Waals surface area contributed by atoms with Crippen molar-refractivity contribution in [3.63, 3.8) is 0 Å². The highest BCUT2D eigenvalue weighted by Crippen LogP contribution is 2.28. The Balaban J connectivity index is 1.93. The summed E-state index contributed by atoms with van der Waals surface area (Å²) in [5.41, 5.74) is 1.04. The second-order valence-corrected chi connectivity index (χ2v) is 6.44.